The number of likely N-dealkylation sites (tertiary alicyclic amines) is 1. The van der Waals surface area contributed by atoms with Crippen LogP contribution >= 0.6 is 0 Å². The topological polar surface area (TPSA) is 87.8 Å². The average molecular weight is 465 g/mol. The summed E-state index contributed by atoms with van der Waals surface area (Å²) in [7, 11) is 0. The minimum absolute atomic E-state index is 0.0673. The van der Waals surface area contributed by atoms with Gasteiger partial charge in [0.15, 0.2) is 5.65 Å². The maximum absolute atomic E-state index is 15.0. The molecule has 3 atom stereocenters. The molecule has 34 heavy (non-hydrogen) atoms. The second-order valence-corrected chi connectivity index (χ2v) is 9.51. The van der Waals surface area contributed by atoms with Gasteiger partial charge in [0.05, 0.1) is 11.6 Å². The van der Waals surface area contributed by atoms with Crippen molar-refractivity contribution in [3.63, 3.8) is 0 Å². The molecule has 178 valence electrons. The Kier molecular flexibility index (Phi) is 5.83. The molecule has 1 saturated heterocycles. The molecule has 7 nitrogen and oxygen atoms in total. The summed E-state index contributed by atoms with van der Waals surface area (Å²) >= 11 is 0. The third-order valence-corrected chi connectivity index (χ3v) is 7.20. The van der Waals surface area contributed by atoms with E-state index in [1.165, 1.54) is 6.07 Å². The van der Waals surface area contributed by atoms with Gasteiger partial charge >= 0.3 is 5.97 Å². The fraction of sp³-hybridized carbons (Fsp3) is 0.462. The van der Waals surface area contributed by atoms with Crippen LogP contribution in [0.25, 0.3) is 16.9 Å². The van der Waals surface area contributed by atoms with E-state index >= 15 is 4.39 Å². The predicted molar refractivity (Wildman–Crippen MR) is 125 cm³/mol. The zero-order valence-corrected chi connectivity index (χ0v) is 19.5. The molecule has 5 rings (SSSR count). The van der Waals surface area contributed by atoms with Crippen molar-refractivity contribution in [2.75, 3.05) is 6.54 Å². The van der Waals surface area contributed by atoms with E-state index in [2.05, 4.69) is 17.0 Å². The molecular formula is C26H29FN4O3. The third kappa shape index (κ3) is 4.06. The zero-order valence-electron chi connectivity index (χ0n) is 19.5. The van der Waals surface area contributed by atoms with Gasteiger partial charge in [-0.2, -0.15) is 5.10 Å². The van der Waals surface area contributed by atoms with E-state index in [4.69, 9.17) is 5.11 Å². The van der Waals surface area contributed by atoms with Crippen LogP contribution in [0, 0.1) is 11.7 Å². The number of fused-ring (bicyclic) bond motifs is 1. The van der Waals surface area contributed by atoms with E-state index in [-0.39, 0.29) is 17.9 Å². The molecule has 2 fully saturated rings. The summed E-state index contributed by atoms with van der Waals surface area (Å²) in [6, 6.07) is 8.52. The molecule has 1 aliphatic heterocycles. The number of aliphatic carboxylic acids is 1. The quantitative estimate of drug-likeness (QED) is 0.592. The Morgan fingerprint density at radius 3 is 2.71 bits per heavy atom. The number of hydrogen-bond donors (Lipinski definition) is 1. The lowest BCUT2D eigenvalue weighted by molar-refractivity contribution is -0.138. The fourth-order valence-corrected chi connectivity index (χ4v) is 5.06. The van der Waals surface area contributed by atoms with Crippen molar-refractivity contribution < 1.29 is 19.1 Å². The molecule has 1 N–H and O–H groups in total. The Morgan fingerprint density at radius 2 is 2.00 bits per heavy atom. The van der Waals surface area contributed by atoms with Gasteiger partial charge in [-0.1, -0.05) is 25.8 Å². The van der Waals surface area contributed by atoms with Gasteiger partial charge < -0.3 is 10.0 Å². The van der Waals surface area contributed by atoms with Crippen molar-refractivity contribution in [3.8, 4) is 11.3 Å². The molecule has 2 unspecified atom stereocenters. The van der Waals surface area contributed by atoms with Crippen LogP contribution in [-0.4, -0.2) is 49.1 Å². The van der Waals surface area contributed by atoms with Crippen molar-refractivity contribution in [1.29, 1.82) is 0 Å². The number of carboxylic acid groups (broad SMARTS) is 1. The SMILES string of the molecule is CCc1cc(C(=O)N2CCCCC[C@H]2C)nc2cc(-c3ccc(C4CC4C(=O)O)cc3F)nn12. The molecule has 3 aromatic rings. The lowest BCUT2D eigenvalue weighted by Gasteiger charge is -2.27. The second kappa shape index (κ2) is 8.81. The van der Waals surface area contributed by atoms with Crippen LogP contribution in [0.3, 0.4) is 0 Å². The summed E-state index contributed by atoms with van der Waals surface area (Å²) in [5.74, 6) is -1.91. The molecule has 1 amide bonds. The number of carbonyl (C=O) groups is 2. The minimum atomic E-state index is -0.840. The molecule has 1 aromatic carbocycles. The van der Waals surface area contributed by atoms with E-state index in [0.29, 0.717) is 41.0 Å². The number of carbonyl (C=O) groups excluding carboxylic acids is 1. The predicted octanol–water partition coefficient (Wildman–Crippen LogP) is 4.69. The Morgan fingerprint density at radius 1 is 1.18 bits per heavy atom. The molecule has 8 heteroatoms. The fourth-order valence-electron chi connectivity index (χ4n) is 5.06. The molecule has 3 heterocycles. The van der Waals surface area contributed by atoms with Gasteiger partial charge in [0.1, 0.15) is 11.5 Å². The highest BCUT2D eigenvalue weighted by atomic mass is 19.1. The highest BCUT2D eigenvalue weighted by molar-refractivity contribution is 5.93. The number of aromatic nitrogens is 3. The van der Waals surface area contributed by atoms with Gasteiger partial charge in [0.25, 0.3) is 5.91 Å². The Hall–Kier alpha value is -3.29. The standard InChI is InChI=1S/C26H29FN4O3/c1-3-17-12-23(25(32)30-10-6-4-5-7-15(30)2)28-24-14-22(29-31(17)24)18-9-8-16(11-21(18)27)19-13-20(19)26(33)34/h8-9,11-12,14-15,19-20H,3-7,10,13H2,1-2H3,(H,33,34)/t15-,19?,20?/m1/s1. The number of aryl methyl sites for hydroxylation is 1. The average Bonchev–Trinajstić information content (AvgIpc) is 3.56. The van der Waals surface area contributed by atoms with E-state index in [1.54, 1.807) is 28.8 Å². The van der Waals surface area contributed by atoms with Gasteiger partial charge in [-0.15, -0.1) is 0 Å². The van der Waals surface area contributed by atoms with Crippen molar-refractivity contribution in [2.24, 2.45) is 5.92 Å². The first kappa shape index (κ1) is 22.5. The largest absolute Gasteiger partial charge is 0.481 e. The first-order valence-electron chi connectivity index (χ1n) is 12.1. The summed E-state index contributed by atoms with van der Waals surface area (Å²) < 4.78 is 16.7. The van der Waals surface area contributed by atoms with Crippen molar-refractivity contribution >= 4 is 17.5 Å². The lowest BCUT2D eigenvalue weighted by Crippen LogP contribution is -2.38. The molecular weight excluding hydrogens is 435 g/mol. The normalized spacial score (nSPS) is 22.6. The van der Waals surface area contributed by atoms with Crippen LogP contribution in [0.15, 0.2) is 30.3 Å². The van der Waals surface area contributed by atoms with Gasteiger partial charge in [-0.05, 0) is 62.3 Å². The maximum Gasteiger partial charge on any atom is 0.307 e. The van der Waals surface area contributed by atoms with Crippen LogP contribution in [0.1, 0.15) is 73.6 Å². The second-order valence-electron chi connectivity index (χ2n) is 9.51. The monoisotopic (exact) mass is 464 g/mol. The lowest BCUT2D eigenvalue weighted by atomic mass is 10.0. The van der Waals surface area contributed by atoms with E-state index in [0.717, 1.165) is 37.9 Å². The molecule has 0 spiro atoms. The van der Waals surface area contributed by atoms with Gasteiger partial charge in [0, 0.05) is 29.9 Å². The van der Waals surface area contributed by atoms with Gasteiger partial charge in [-0.25, -0.2) is 13.9 Å². The van der Waals surface area contributed by atoms with Crippen LogP contribution in [0.2, 0.25) is 0 Å². The van der Waals surface area contributed by atoms with Gasteiger partial charge in [0.2, 0.25) is 0 Å². The highest BCUT2D eigenvalue weighted by Crippen LogP contribution is 2.48. The minimum Gasteiger partial charge on any atom is -0.481 e. The maximum atomic E-state index is 15.0. The summed E-state index contributed by atoms with van der Waals surface area (Å²) in [6.07, 6.45) is 5.45. The van der Waals surface area contributed by atoms with Crippen molar-refractivity contribution in [2.45, 2.75) is 64.3 Å². The van der Waals surface area contributed by atoms with E-state index in [9.17, 15) is 9.59 Å². The number of benzene rings is 1. The van der Waals surface area contributed by atoms with Crippen LogP contribution in [0.4, 0.5) is 4.39 Å². The molecule has 1 saturated carbocycles. The Labute approximate surface area is 197 Å². The van der Waals surface area contributed by atoms with Crippen LogP contribution in [0.5, 0.6) is 0 Å². The first-order chi connectivity index (χ1) is 16.4. The first-order valence-corrected chi connectivity index (χ1v) is 12.1. The van der Waals surface area contributed by atoms with Crippen LogP contribution < -0.4 is 0 Å². The number of amides is 1. The summed E-state index contributed by atoms with van der Waals surface area (Å²) in [4.78, 5) is 31.0. The number of nitrogens with zero attached hydrogens (tertiary/aromatic N) is 4. The van der Waals surface area contributed by atoms with Crippen molar-refractivity contribution in [3.05, 3.63) is 53.1 Å². The van der Waals surface area contributed by atoms with E-state index in [1.807, 2.05) is 11.8 Å². The summed E-state index contributed by atoms with van der Waals surface area (Å²) in [5, 5.41) is 13.7. The summed E-state index contributed by atoms with van der Waals surface area (Å²) in [5.41, 5.74) is 3.21. The molecule has 1 aliphatic carbocycles. The molecule has 2 aliphatic rings. The molecule has 2 aromatic heterocycles. The number of rotatable bonds is 5. The molecule has 0 bridgehead atoms. The Bertz CT molecular complexity index is 1270. The number of carboxylic acids is 1. The van der Waals surface area contributed by atoms with Crippen molar-refractivity contribution in [1.82, 2.24) is 19.5 Å². The highest BCUT2D eigenvalue weighted by Gasteiger charge is 2.44. The smallest absolute Gasteiger partial charge is 0.307 e. The number of halogens is 1. The number of hydrogen-bond acceptors (Lipinski definition) is 4. The Balaban J connectivity index is 1.47. The zero-order chi connectivity index (χ0) is 24.0. The van der Waals surface area contributed by atoms with Crippen LogP contribution in [-0.2, 0) is 11.2 Å². The van der Waals surface area contributed by atoms with Gasteiger partial charge in [-0.3, -0.25) is 9.59 Å². The van der Waals surface area contributed by atoms with E-state index < -0.39 is 17.7 Å². The third-order valence-electron chi connectivity index (χ3n) is 7.20. The summed E-state index contributed by atoms with van der Waals surface area (Å²) in [6.45, 7) is 4.81. The molecule has 0 radical (unpaired) electrons.